The Morgan fingerprint density at radius 2 is 2.15 bits per heavy atom. The zero-order valence-electron chi connectivity index (χ0n) is 11.3. The fraction of sp³-hybridized carbons (Fsp3) is 0.417. The number of nitrogens with one attached hydrogen (secondary N) is 1. The standard InChI is InChI=1S/C12H18FN3O3S/c1-8(2)6-7-20(18,19)16-10-5-3-4-9(13)11(10)12(14)15-17/h3-5,8,16-17H,6-7H2,1-2H3,(H2,14,15). The van der Waals surface area contributed by atoms with Crippen LogP contribution in [0.2, 0.25) is 0 Å². The van der Waals surface area contributed by atoms with E-state index in [1.807, 2.05) is 13.8 Å². The first kappa shape index (κ1) is 16.2. The summed E-state index contributed by atoms with van der Waals surface area (Å²) in [6.07, 6.45) is 0.476. The van der Waals surface area contributed by atoms with E-state index in [4.69, 9.17) is 10.9 Å². The third kappa shape index (κ3) is 4.37. The smallest absolute Gasteiger partial charge is 0.232 e. The van der Waals surface area contributed by atoms with Crippen molar-refractivity contribution in [3.05, 3.63) is 29.6 Å². The monoisotopic (exact) mass is 303 g/mol. The van der Waals surface area contributed by atoms with Crippen LogP contribution in [0, 0.1) is 11.7 Å². The highest BCUT2D eigenvalue weighted by Gasteiger charge is 2.18. The molecule has 1 aromatic rings. The maximum atomic E-state index is 13.7. The maximum absolute atomic E-state index is 13.7. The molecule has 0 saturated carbocycles. The third-order valence-corrected chi connectivity index (χ3v) is 3.91. The first-order chi connectivity index (χ1) is 9.26. The number of rotatable bonds is 6. The molecule has 0 heterocycles. The summed E-state index contributed by atoms with van der Waals surface area (Å²) in [5.74, 6) is -1.13. The van der Waals surface area contributed by atoms with Gasteiger partial charge in [-0.25, -0.2) is 12.8 Å². The molecule has 4 N–H and O–H groups in total. The van der Waals surface area contributed by atoms with Gasteiger partial charge in [-0.05, 0) is 24.5 Å². The minimum atomic E-state index is -3.62. The van der Waals surface area contributed by atoms with E-state index in [9.17, 15) is 12.8 Å². The lowest BCUT2D eigenvalue weighted by molar-refractivity contribution is 0.318. The topological polar surface area (TPSA) is 105 Å². The van der Waals surface area contributed by atoms with Gasteiger partial charge in [0, 0.05) is 0 Å². The highest BCUT2D eigenvalue weighted by atomic mass is 32.2. The number of sulfonamides is 1. The molecule has 1 rings (SSSR count). The maximum Gasteiger partial charge on any atom is 0.232 e. The molecule has 0 aliphatic carbocycles. The molecule has 0 amide bonds. The van der Waals surface area contributed by atoms with E-state index in [1.165, 1.54) is 12.1 Å². The molecule has 0 saturated heterocycles. The Bertz CT molecular complexity index is 600. The number of amidine groups is 1. The molecular formula is C12H18FN3O3S. The summed E-state index contributed by atoms with van der Waals surface area (Å²) < 4.78 is 39.7. The summed E-state index contributed by atoms with van der Waals surface area (Å²) in [6.45, 7) is 3.80. The molecule has 0 aliphatic heterocycles. The Hall–Kier alpha value is -1.83. The zero-order valence-corrected chi connectivity index (χ0v) is 12.1. The minimum Gasteiger partial charge on any atom is -0.409 e. The molecule has 1 aromatic carbocycles. The highest BCUT2D eigenvalue weighted by molar-refractivity contribution is 7.92. The second-order valence-corrected chi connectivity index (χ2v) is 6.59. The van der Waals surface area contributed by atoms with Crippen LogP contribution in [0.25, 0.3) is 0 Å². The van der Waals surface area contributed by atoms with Gasteiger partial charge in [-0.1, -0.05) is 25.1 Å². The van der Waals surface area contributed by atoms with Gasteiger partial charge in [-0.3, -0.25) is 4.72 Å². The van der Waals surface area contributed by atoms with Gasteiger partial charge in [0.15, 0.2) is 5.84 Å². The van der Waals surface area contributed by atoms with Crippen LogP contribution in [0.15, 0.2) is 23.4 Å². The predicted octanol–water partition coefficient (Wildman–Crippen LogP) is 1.71. The van der Waals surface area contributed by atoms with Gasteiger partial charge in [0.2, 0.25) is 10.0 Å². The van der Waals surface area contributed by atoms with Crippen LogP contribution >= 0.6 is 0 Å². The second-order valence-electron chi connectivity index (χ2n) is 4.75. The van der Waals surface area contributed by atoms with E-state index in [1.54, 1.807) is 0 Å². The van der Waals surface area contributed by atoms with E-state index >= 15 is 0 Å². The summed E-state index contributed by atoms with van der Waals surface area (Å²) in [5, 5.41) is 11.3. The van der Waals surface area contributed by atoms with Crippen molar-refractivity contribution in [3.63, 3.8) is 0 Å². The molecule has 0 aromatic heterocycles. The number of anilines is 1. The molecule has 0 aliphatic rings. The van der Waals surface area contributed by atoms with Crippen LogP contribution in [-0.4, -0.2) is 25.2 Å². The summed E-state index contributed by atoms with van der Waals surface area (Å²) in [4.78, 5) is 0. The molecule has 0 bridgehead atoms. The number of hydrogen-bond acceptors (Lipinski definition) is 4. The van der Waals surface area contributed by atoms with Crippen LogP contribution in [0.3, 0.4) is 0 Å². The van der Waals surface area contributed by atoms with Crippen LogP contribution < -0.4 is 10.5 Å². The van der Waals surface area contributed by atoms with Crippen LogP contribution in [0.1, 0.15) is 25.8 Å². The molecule has 0 unspecified atom stereocenters. The van der Waals surface area contributed by atoms with Gasteiger partial charge in [0.25, 0.3) is 0 Å². The number of nitrogens with zero attached hydrogens (tertiary/aromatic N) is 1. The molecule has 6 nitrogen and oxygen atoms in total. The molecule has 112 valence electrons. The minimum absolute atomic E-state index is 0.0518. The number of nitrogens with two attached hydrogens (primary N) is 1. The molecular weight excluding hydrogens is 285 g/mol. The lowest BCUT2D eigenvalue weighted by Gasteiger charge is -2.13. The first-order valence-corrected chi connectivity index (χ1v) is 7.69. The van der Waals surface area contributed by atoms with Gasteiger partial charge in [0.1, 0.15) is 5.82 Å². The molecule has 0 radical (unpaired) electrons. The lowest BCUT2D eigenvalue weighted by Crippen LogP contribution is -2.23. The fourth-order valence-corrected chi connectivity index (χ4v) is 2.92. The summed E-state index contributed by atoms with van der Waals surface area (Å²) in [6, 6.07) is 3.78. The lowest BCUT2D eigenvalue weighted by atomic mass is 10.1. The molecule has 20 heavy (non-hydrogen) atoms. The number of benzene rings is 1. The number of halogens is 1. The van der Waals surface area contributed by atoms with Gasteiger partial charge in [0.05, 0.1) is 17.0 Å². The van der Waals surface area contributed by atoms with Crippen molar-refractivity contribution in [3.8, 4) is 0 Å². The van der Waals surface area contributed by atoms with Crippen molar-refractivity contribution in [1.82, 2.24) is 0 Å². The van der Waals surface area contributed by atoms with Gasteiger partial charge < -0.3 is 10.9 Å². The average molecular weight is 303 g/mol. The molecule has 0 fully saturated rings. The molecule has 8 heteroatoms. The third-order valence-electron chi connectivity index (χ3n) is 2.61. The number of hydrogen-bond donors (Lipinski definition) is 3. The average Bonchev–Trinajstić information content (AvgIpc) is 2.35. The van der Waals surface area contributed by atoms with Crippen LogP contribution in [0.5, 0.6) is 0 Å². The quantitative estimate of drug-likeness (QED) is 0.322. The van der Waals surface area contributed by atoms with Crippen molar-refractivity contribution in [1.29, 1.82) is 0 Å². The summed E-state index contributed by atoms with van der Waals surface area (Å²) in [5.41, 5.74) is 5.04. The van der Waals surface area contributed by atoms with E-state index in [0.717, 1.165) is 6.07 Å². The molecule has 0 spiro atoms. The Morgan fingerprint density at radius 3 is 2.70 bits per heavy atom. The van der Waals surface area contributed by atoms with E-state index < -0.39 is 21.7 Å². The van der Waals surface area contributed by atoms with Crippen molar-refractivity contribution in [2.75, 3.05) is 10.5 Å². The Kier molecular flexibility index (Phi) is 5.32. The second kappa shape index (κ2) is 6.56. The Morgan fingerprint density at radius 1 is 1.50 bits per heavy atom. The van der Waals surface area contributed by atoms with E-state index in [2.05, 4.69) is 9.88 Å². The van der Waals surface area contributed by atoms with Crippen molar-refractivity contribution in [2.45, 2.75) is 20.3 Å². The Labute approximate surface area is 117 Å². The Balaban J connectivity index is 3.07. The van der Waals surface area contributed by atoms with Crippen molar-refractivity contribution >= 4 is 21.5 Å². The van der Waals surface area contributed by atoms with E-state index in [-0.39, 0.29) is 22.9 Å². The highest BCUT2D eigenvalue weighted by Crippen LogP contribution is 2.20. The van der Waals surface area contributed by atoms with Gasteiger partial charge in [-0.15, -0.1) is 0 Å². The SMILES string of the molecule is CC(C)CCS(=O)(=O)Nc1cccc(F)c1C(N)=NO. The van der Waals surface area contributed by atoms with Crippen molar-refractivity contribution in [2.24, 2.45) is 16.8 Å². The van der Waals surface area contributed by atoms with Crippen molar-refractivity contribution < 1.29 is 18.0 Å². The van der Waals surface area contributed by atoms with Crippen LogP contribution in [-0.2, 0) is 10.0 Å². The fourth-order valence-electron chi connectivity index (χ4n) is 1.53. The molecule has 0 atom stereocenters. The normalized spacial score (nSPS) is 12.7. The zero-order chi connectivity index (χ0) is 15.3. The van der Waals surface area contributed by atoms with E-state index in [0.29, 0.717) is 6.42 Å². The largest absolute Gasteiger partial charge is 0.409 e. The predicted molar refractivity (Wildman–Crippen MR) is 75.8 cm³/mol. The summed E-state index contributed by atoms with van der Waals surface area (Å²) in [7, 11) is -3.62. The van der Waals surface area contributed by atoms with Gasteiger partial charge in [-0.2, -0.15) is 0 Å². The summed E-state index contributed by atoms with van der Waals surface area (Å²) >= 11 is 0. The van der Waals surface area contributed by atoms with Gasteiger partial charge >= 0.3 is 0 Å². The van der Waals surface area contributed by atoms with Crippen LogP contribution in [0.4, 0.5) is 10.1 Å². The first-order valence-electron chi connectivity index (χ1n) is 6.03. The number of oxime groups is 1.